The summed E-state index contributed by atoms with van der Waals surface area (Å²) < 4.78 is 2.30. The lowest BCUT2D eigenvalue weighted by Crippen LogP contribution is -2.39. The summed E-state index contributed by atoms with van der Waals surface area (Å²) in [5, 5.41) is 3.01. The minimum atomic E-state index is -1.14. The van der Waals surface area contributed by atoms with Crippen LogP contribution >= 0.6 is 0 Å². The van der Waals surface area contributed by atoms with Crippen LogP contribution in [0.5, 0.6) is 0 Å². The molecule has 0 aliphatic carbocycles. The first kappa shape index (κ1) is 7.40. The van der Waals surface area contributed by atoms with Gasteiger partial charge in [-0.05, 0) is 0 Å². The molecule has 1 rings (SSSR count). The van der Waals surface area contributed by atoms with Gasteiger partial charge in [-0.3, -0.25) is 0 Å². The zero-order valence-electron chi connectivity index (χ0n) is 6.76. The summed E-state index contributed by atoms with van der Waals surface area (Å²) in [6.45, 7) is 6.94. The molecule has 0 amide bonds. The van der Waals surface area contributed by atoms with Crippen LogP contribution in [0.15, 0.2) is 24.8 Å². The van der Waals surface area contributed by atoms with Crippen molar-refractivity contribution in [2.75, 3.05) is 0 Å². The normalized spacial score (nSPS) is 17.3. The van der Waals surface area contributed by atoms with E-state index in [1.165, 1.54) is 0 Å². The maximum absolute atomic E-state index is 3.01. The van der Waals surface area contributed by atoms with Crippen LogP contribution in [0.25, 0.3) is 0 Å². The van der Waals surface area contributed by atoms with Crippen molar-refractivity contribution in [1.82, 2.24) is 9.88 Å². The van der Waals surface area contributed by atoms with Crippen LogP contribution in [-0.4, -0.2) is 12.8 Å². The maximum atomic E-state index is 3.01. The van der Waals surface area contributed by atoms with Gasteiger partial charge in [-0.15, -0.1) is 0 Å². The van der Waals surface area contributed by atoms with Gasteiger partial charge in [0.05, 0.1) is 0 Å². The molecule has 0 unspecified atom stereocenters. The highest BCUT2D eigenvalue weighted by atomic mass is 28.3. The van der Waals surface area contributed by atoms with Crippen LogP contribution in [0.3, 0.4) is 0 Å². The molecule has 0 saturated heterocycles. The van der Waals surface area contributed by atoms with Crippen molar-refractivity contribution in [2.24, 2.45) is 0 Å². The molecule has 3 heteroatoms. The van der Waals surface area contributed by atoms with E-state index in [9.17, 15) is 0 Å². The predicted molar refractivity (Wildman–Crippen MR) is 46.6 cm³/mol. The standard InChI is InChI=1S/C7H14N2Si/c1-10(2,3)9-6-4-8-5-7-9/h4-8H,1-3H3. The Balaban J connectivity index is 2.64. The van der Waals surface area contributed by atoms with Crippen LogP contribution in [0.4, 0.5) is 0 Å². The van der Waals surface area contributed by atoms with Crippen LogP contribution < -0.4 is 5.32 Å². The second-order valence-corrected chi connectivity index (χ2v) is 8.23. The van der Waals surface area contributed by atoms with Gasteiger partial charge < -0.3 is 9.88 Å². The molecule has 0 aromatic heterocycles. The molecular weight excluding hydrogens is 140 g/mol. The number of hydrogen-bond acceptors (Lipinski definition) is 2. The zero-order chi connectivity index (χ0) is 7.61. The number of rotatable bonds is 1. The molecule has 0 atom stereocenters. The van der Waals surface area contributed by atoms with Gasteiger partial charge in [0.15, 0.2) is 8.24 Å². The Bertz CT molecular complexity index is 155. The Morgan fingerprint density at radius 1 is 1.10 bits per heavy atom. The van der Waals surface area contributed by atoms with Crippen molar-refractivity contribution in [3.63, 3.8) is 0 Å². The lowest BCUT2D eigenvalue weighted by molar-refractivity contribution is 0.730. The first-order valence-corrected chi connectivity index (χ1v) is 6.93. The fourth-order valence-corrected chi connectivity index (χ4v) is 1.84. The Labute approximate surface area is 63.3 Å². The Hall–Kier alpha value is -0.703. The highest BCUT2D eigenvalue weighted by molar-refractivity contribution is 6.73. The quantitative estimate of drug-likeness (QED) is 0.578. The topological polar surface area (TPSA) is 15.3 Å². The van der Waals surface area contributed by atoms with Crippen molar-refractivity contribution in [1.29, 1.82) is 0 Å². The molecule has 1 heterocycles. The average Bonchev–Trinajstić information content (AvgIpc) is 1.88. The third-order valence-electron chi connectivity index (χ3n) is 1.44. The zero-order valence-corrected chi connectivity index (χ0v) is 7.76. The SMILES string of the molecule is C[Si](C)(C)N1C=CNC=C1. The second-order valence-electron chi connectivity index (χ2n) is 3.38. The van der Waals surface area contributed by atoms with E-state index in [-0.39, 0.29) is 0 Å². The fourth-order valence-electron chi connectivity index (χ4n) is 0.799. The molecule has 0 bridgehead atoms. The minimum Gasteiger partial charge on any atom is -0.379 e. The Morgan fingerprint density at radius 2 is 1.60 bits per heavy atom. The van der Waals surface area contributed by atoms with Crippen molar-refractivity contribution >= 4 is 8.24 Å². The highest BCUT2D eigenvalue weighted by Crippen LogP contribution is 2.11. The number of nitrogens with one attached hydrogen (secondary N) is 1. The van der Waals surface area contributed by atoms with Crippen LogP contribution in [-0.2, 0) is 0 Å². The van der Waals surface area contributed by atoms with Crippen molar-refractivity contribution in [3.05, 3.63) is 24.8 Å². The van der Waals surface area contributed by atoms with E-state index in [1.54, 1.807) is 0 Å². The molecule has 0 spiro atoms. The molecular formula is C7H14N2Si. The molecule has 10 heavy (non-hydrogen) atoms. The number of hydrogen-bond donors (Lipinski definition) is 1. The highest BCUT2D eigenvalue weighted by Gasteiger charge is 2.19. The average molecular weight is 154 g/mol. The second kappa shape index (κ2) is 2.50. The maximum Gasteiger partial charge on any atom is 0.152 e. The third-order valence-corrected chi connectivity index (χ3v) is 3.28. The van der Waals surface area contributed by atoms with Gasteiger partial charge >= 0.3 is 0 Å². The van der Waals surface area contributed by atoms with Crippen LogP contribution in [0.1, 0.15) is 0 Å². The monoisotopic (exact) mass is 154 g/mol. The van der Waals surface area contributed by atoms with E-state index in [0.717, 1.165) is 0 Å². The van der Waals surface area contributed by atoms with Gasteiger partial charge in [-0.1, -0.05) is 19.6 Å². The van der Waals surface area contributed by atoms with E-state index in [0.29, 0.717) is 0 Å². The van der Waals surface area contributed by atoms with Gasteiger partial charge in [0.2, 0.25) is 0 Å². The smallest absolute Gasteiger partial charge is 0.152 e. The summed E-state index contributed by atoms with van der Waals surface area (Å²) in [6.07, 6.45) is 8.09. The van der Waals surface area contributed by atoms with E-state index in [4.69, 9.17) is 0 Å². The van der Waals surface area contributed by atoms with Crippen LogP contribution in [0, 0.1) is 0 Å². The summed E-state index contributed by atoms with van der Waals surface area (Å²) >= 11 is 0. The molecule has 0 fully saturated rings. The summed E-state index contributed by atoms with van der Waals surface area (Å²) in [4.78, 5) is 0. The molecule has 56 valence electrons. The Kier molecular flexibility index (Phi) is 1.85. The Morgan fingerprint density at radius 3 is 1.90 bits per heavy atom. The fraction of sp³-hybridized carbons (Fsp3) is 0.429. The van der Waals surface area contributed by atoms with E-state index in [1.807, 2.05) is 12.4 Å². The third kappa shape index (κ3) is 1.64. The van der Waals surface area contributed by atoms with Crippen molar-refractivity contribution in [2.45, 2.75) is 19.6 Å². The summed E-state index contributed by atoms with van der Waals surface area (Å²) in [5.74, 6) is 0. The predicted octanol–water partition coefficient (Wildman–Crippen LogP) is 1.67. The first-order chi connectivity index (χ1) is 4.61. The molecule has 1 aliphatic heterocycles. The van der Waals surface area contributed by atoms with Crippen molar-refractivity contribution < 1.29 is 0 Å². The lowest BCUT2D eigenvalue weighted by Gasteiger charge is -2.30. The molecule has 2 nitrogen and oxygen atoms in total. The summed E-state index contributed by atoms with van der Waals surface area (Å²) in [5.41, 5.74) is 0. The summed E-state index contributed by atoms with van der Waals surface area (Å²) in [7, 11) is -1.14. The number of nitrogens with zero attached hydrogens (tertiary/aromatic N) is 1. The van der Waals surface area contributed by atoms with Gasteiger partial charge in [0.25, 0.3) is 0 Å². The van der Waals surface area contributed by atoms with E-state index in [2.05, 4.69) is 41.9 Å². The largest absolute Gasteiger partial charge is 0.379 e. The van der Waals surface area contributed by atoms with Gasteiger partial charge in [-0.2, -0.15) is 0 Å². The lowest BCUT2D eigenvalue weighted by atomic mass is 10.7. The molecule has 0 radical (unpaired) electrons. The van der Waals surface area contributed by atoms with Gasteiger partial charge in [0.1, 0.15) is 0 Å². The van der Waals surface area contributed by atoms with E-state index >= 15 is 0 Å². The van der Waals surface area contributed by atoms with Crippen molar-refractivity contribution in [3.8, 4) is 0 Å². The molecule has 1 aliphatic rings. The molecule has 1 N–H and O–H groups in total. The molecule has 0 aromatic rings. The van der Waals surface area contributed by atoms with E-state index < -0.39 is 8.24 Å². The molecule has 0 aromatic carbocycles. The van der Waals surface area contributed by atoms with Gasteiger partial charge in [0, 0.05) is 24.8 Å². The molecule has 0 saturated carbocycles. The summed E-state index contributed by atoms with van der Waals surface area (Å²) in [6, 6.07) is 0. The van der Waals surface area contributed by atoms with Gasteiger partial charge in [-0.25, -0.2) is 0 Å². The van der Waals surface area contributed by atoms with Crippen LogP contribution in [0.2, 0.25) is 19.6 Å². The minimum absolute atomic E-state index is 1.14. The first-order valence-electron chi connectivity index (χ1n) is 3.48.